The maximum atomic E-state index is 12.4. The number of aliphatic carboxylic acids is 2. The molecule has 2 amide bonds. The van der Waals surface area contributed by atoms with Gasteiger partial charge in [0, 0.05) is 23.9 Å². The summed E-state index contributed by atoms with van der Waals surface area (Å²) in [6.45, 7) is 0.703. The van der Waals surface area contributed by atoms with Crippen LogP contribution in [0.2, 0.25) is 0 Å². The fourth-order valence-corrected chi connectivity index (χ4v) is 4.62. The number of nitrogens with zero attached hydrogens (tertiary/aromatic N) is 2. The number of alkyl halides is 3. The molecule has 4 N–H and O–H groups in total. The molecule has 0 aromatic rings. The highest BCUT2D eigenvalue weighted by molar-refractivity contribution is 8.00. The van der Waals surface area contributed by atoms with Crippen molar-refractivity contribution in [2.24, 2.45) is 5.73 Å². The van der Waals surface area contributed by atoms with E-state index in [-0.39, 0.29) is 22.9 Å². The minimum absolute atomic E-state index is 0.00324. The highest BCUT2D eigenvalue weighted by atomic mass is 32.2. The Morgan fingerprint density at radius 3 is 2.30 bits per heavy atom. The number of rotatable bonds is 3. The van der Waals surface area contributed by atoms with Crippen LogP contribution < -0.4 is 5.73 Å². The summed E-state index contributed by atoms with van der Waals surface area (Å²) < 4.78 is 31.7. The van der Waals surface area contributed by atoms with Gasteiger partial charge in [0.2, 0.25) is 11.8 Å². The highest BCUT2D eigenvalue weighted by Crippen LogP contribution is 2.41. The van der Waals surface area contributed by atoms with Crippen LogP contribution in [0.3, 0.4) is 0 Å². The number of thioether (sulfide) groups is 1. The van der Waals surface area contributed by atoms with E-state index in [1.807, 2.05) is 4.90 Å². The Morgan fingerprint density at radius 2 is 1.80 bits per heavy atom. The molecule has 0 spiro atoms. The average Bonchev–Trinajstić information content (AvgIpc) is 3.44. The maximum absolute atomic E-state index is 12.4. The van der Waals surface area contributed by atoms with Crippen LogP contribution in [0.15, 0.2) is 22.9 Å². The molecule has 2 saturated heterocycles. The minimum Gasteiger partial charge on any atom is -0.477 e. The largest absolute Gasteiger partial charge is 0.490 e. The van der Waals surface area contributed by atoms with Crippen LogP contribution in [-0.2, 0) is 19.2 Å². The standard InChI is InChI=1S/C15H17N3O4S.C2HF3O2/c16-10-13(20)18-11(15(21)22)8(6-23-14(10)18)5-7-3-4-17(12(7)19)9-1-2-9;3-2(4,5)1(6)7/h5,9-10,14H,1-4,6,16H2,(H,21,22);(H,6,7)/b7-5-;/t10-,14-;/m1./s1. The van der Waals surface area contributed by atoms with Gasteiger partial charge >= 0.3 is 18.1 Å². The van der Waals surface area contributed by atoms with Crippen molar-refractivity contribution >= 4 is 35.5 Å². The molecule has 0 aromatic carbocycles. The molecule has 3 aliphatic heterocycles. The van der Waals surface area contributed by atoms with Crippen molar-refractivity contribution in [3.8, 4) is 0 Å². The molecule has 0 aromatic heterocycles. The number of carbonyl (C=O) groups excluding carboxylic acids is 2. The molecule has 0 unspecified atom stereocenters. The Morgan fingerprint density at radius 1 is 1.20 bits per heavy atom. The Labute approximate surface area is 172 Å². The van der Waals surface area contributed by atoms with Crippen molar-refractivity contribution in [1.82, 2.24) is 9.80 Å². The second-order valence-electron chi connectivity index (χ2n) is 7.07. The molecule has 164 valence electrons. The van der Waals surface area contributed by atoms with E-state index in [0.29, 0.717) is 35.9 Å². The lowest BCUT2D eigenvalue weighted by molar-refractivity contribution is -0.192. The van der Waals surface area contributed by atoms with Gasteiger partial charge in [-0.25, -0.2) is 9.59 Å². The van der Waals surface area contributed by atoms with Crippen molar-refractivity contribution in [3.63, 3.8) is 0 Å². The summed E-state index contributed by atoms with van der Waals surface area (Å²) in [7, 11) is 0. The third-order valence-electron chi connectivity index (χ3n) is 4.98. The van der Waals surface area contributed by atoms with Gasteiger partial charge < -0.3 is 20.8 Å². The first-order chi connectivity index (χ1) is 13.9. The molecule has 0 radical (unpaired) electrons. The van der Waals surface area contributed by atoms with Crippen LogP contribution in [0.25, 0.3) is 0 Å². The average molecular weight is 449 g/mol. The van der Waals surface area contributed by atoms with Crippen LogP contribution in [0.5, 0.6) is 0 Å². The van der Waals surface area contributed by atoms with Crippen molar-refractivity contribution in [3.05, 3.63) is 22.9 Å². The van der Waals surface area contributed by atoms with Gasteiger partial charge in [0.15, 0.2) is 0 Å². The number of β-lactam (4-membered cyclic amide) rings is 1. The molecule has 1 aliphatic carbocycles. The van der Waals surface area contributed by atoms with Gasteiger partial charge in [-0.1, -0.05) is 0 Å². The normalized spacial score (nSPS) is 27.5. The van der Waals surface area contributed by atoms with Gasteiger partial charge in [-0.3, -0.25) is 14.5 Å². The number of hydrogen-bond acceptors (Lipinski definition) is 6. The second-order valence-corrected chi connectivity index (χ2v) is 8.17. The van der Waals surface area contributed by atoms with Crippen LogP contribution >= 0.6 is 11.8 Å². The lowest BCUT2D eigenvalue weighted by atomic mass is 10.0. The van der Waals surface area contributed by atoms with E-state index < -0.39 is 24.2 Å². The summed E-state index contributed by atoms with van der Waals surface area (Å²) in [5.74, 6) is -3.82. The number of allylic oxidation sites excluding steroid dienone is 1. The lowest BCUT2D eigenvalue weighted by Gasteiger charge is -2.47. The van der Waals surface area contributed by atoms with Gasteiger partial charge in [0.25, 0.3) is 0 Å². The number of halogens is 3. The van der Waals surface area contributed by atoms with Gasteiger partial charge in [-0.05, 0) is 30.9 Å². The fraction of sp³-hybridized carbons (Fsp3) is 0.529. The van der Waals surface area contributed by atoms with Gasteiger partial charge in [0.1, 0.15) is 17.1 Å². The Kier molecular flexibility index (Phi) is 5.87. The van der Waals surface area contributed by atoms with E-state index in [2.05, 4.69) is 0 Å². The monoisotopic (exact) mass is 449 g/mol. The molecule has 1 saturated carbocycles. The number of carbonyl (C=O) groups is 4. The van der Waals surface area contributed by atoms with Gasteiger partial charge in [-0.2, -0.15) is 13.2 Å². The molecular weight excluding hydrogens is 431 g/mol. The van der Waals surface area contributed by atoms with Gasteiger partial charge in [0.05, 0.1) is 0 Å². The van der Waals surface area contributed by atoms with E-state index in [4.69, 9.17) is 15.6 Å². The fourth-order valence-electron chi connectivity index (χ4n) is 3.36. The number of carboxylic acid groups (broad SMARTS) is 2. The summed E-state index contributed by atoms with van der Waals surface area (Å²) in [5, 5.41) is 16.3. The Hall–Kier alpha value is -2.54. The quantitative estimate of drug-likeness (QED) is 0.418. The topological polar surface area (TPSA) is 141 Å². The zero-order valence-electron chi connectivity index (χ0n) is 15.4. The summed E-state index contributed by atoms with van der Waals surface area (Å²) in [4.78, 5) is 47.9. The molecule has 9 nitrogen and oxygen atoms in total. The van der Waals surface area contributed by atoms with E-state index in [1.165, 1.54) is 16.7 Å². The first kappa shape index (κ1) is 22.2. The number of carboxylic acids is 2. The molecule has 4 rings (SSSR count). The summed E-state index contributed by atoms with van der Waals surface area (Å²) >= 11 is 1.45. The number of fused-ring (bicyclic) bond motifs is 1. The van der Waals surface area contributed by atoms with Crippen LogP contribution in [0.4, 0.5) is 13.2 Å². The Balaban J connectivity index is 0.000000318. The number of nitrogens with two attached hydrogens (primary N) is 1. The first-order valence-corrected chi connectivity index (χ1v) is 9.96. The van der Waals surface area contributed by atoms with Crippen molar-refractivity contribution in [2.45, 2.75) is 42.9 Å². The molecule has 30 heavy (non-hydrogen) atoms. The van der Waals surface area contributed by atoms with Crippen LogP contribution in [0.1, 0.15) is 19.3 Å². The van der Waals surface area contributed by atoms with E-state index >= 15 is 0 Å². The van der Waals surface area contributed by atoms with Gasteiger partial charge in [-0.15, -0.1) is 11.8 Å². The number of hydrogen-bond donors (Lipinski definition) is 3. The summed E-state index contributed by atoms with van der Waals surface area (Å²) in [6.07, 6.45) is -0.665. The summed E-state index contributed by atoms with van der Waals surface area (Å²) in [6, 6.07) is -0.275. The second kappa shape index (κ2) is 7.95. The molecule has 3 fully saturated rings. The predicted molar refractivity (Wildman–Crippen MR) is 96.9 cm³/mol. The van der Waals surface area contributed by atoms with E-state index in [0.717, 1.165) is 12.8 Å². The van der Waals surface area contributed by atoms with Crippen molar-refractivity contribution < 1.29 is 42.6 Å². The molecule has 0 bridgehead atoms. The van der Waals surface area contributed by atoms with Crippen molar-refractivity contribution in [1.29, 1.82) is 0 Å². The van der Waals surface area contributed by atoms with E-state index in [9.17, 15) is 32.7 Å². The molecule has 4 aliphatic rings. The highest BCUT2D eigenvalue weighted by Gasteiger charge is 2.51. The minimum atomic E-state index is -5.08. The molecule has 13 heteroatoms. The maximum Gasteiger partial charge on any atom is 0.490 e. The van der Waals surface area contributed by atoms with Crippen LogP contribution in [-0.4, -0.2) is 79.7 Å². The summed E-state index contributed by atoms with van der Waals surface area (Å²) in [5.41, 5.74) is 6.87. The number of amides is 2. The van der Waals surface area contributed by atoms with E-state index in [1.54, 1.807) is 6.08 Å². The zero-order valence-corrected chi connectivity index (χ0v) is 16.2. The molecule has 3 heterocycles. The van der Waals surface area contributed by atoms with Crippen LogP contribution in [0, 0.1) is 0 Å². The smallest absolute Gasteiger partial charge is 0.477 e. The SMILES string of the molecule is N[C@@H]1C(=O)N2C(C(=O)O)=C(/C=C3/CCN(C4CC4)C3=O)CS[C@H]12.O=C(O)C(F)(F)F. The first-order valence-electron chi connectivity index (χ1n) is 8.91. The number of likely N-dealkylation sites (tertiary alicyclic amines) is 1. The zero-order chi connectivity index (χ0) is 22.4. The molecule has 2 atom stereocenters. The Bertz CT molecular complexity index is 867. The predicted octanol–water partition coefficient (Wildman–Crippen LogP) is 0.522. The molecular formula is C17H18F3N3O6S. The lowest BCUT2D eigenvalue weighted by Crippen LogP contribution is -2.68. The van der Waals surface area contributed by atoms with Crippen molar-refractivity contribution in [2.75, 3.05) is 12.3 Å². The third kappa shape index (κ3) is 4.17. The third-order valence-corrected chi connectivity index (χ3v) is 6.30.